The van der Waals surface area contributed by atoms with E-state index in [1.165, 1.54) is 19.9 Å². The third-order valence-corrected chi connectivity index (χ3v) is 2.66. The molecule has 0 radical (unpaired) electrons. The van der Waals surface area contributed by atoms with Crippen LogP contribution < -0.4 is 10.1 Å². The lowest BCUT2D eigenvalue weighted by atomic mass is 10.1. The van der Waals surface area contributed by atoms with Crippen LogP contribution in [0.25, 0.3) is 0 Å². The number of hydrogen-bond donors (Lipinski definition) is 1. The van der Waals surface area contributed by atoms with E-state index in [4.69, 9.17) is 4.74 Å². The fourth-order valence-corrected chi connectivity index (χ4v) is 1.79. The number of benzene rings is 1. The van der Waals surface area contributed by atoms with Gasteiger partial charge in [0, 0.05) is 17.6 Å². The van der Waals surface area contributed by atoms with Crippen molar-refractivity contribution in [3.63, 3.8) is 0 Å². The highest BCUT2D eigenvalue weighted by atomic mass is 79.9. The maximum Gasteiger partial charge on any atom is 0.333 e. The van der Waals surface area contributed by atoms with Gasteiger partial charge in [0.05, 0.1) is 4.92 Å². The molecule has 1 rings (SSSR count). The Bertz CT molecular complexity index is 466. The molecule has 0 heterocycles. The van der Waals surface area contributed by atoms with Crippen molar-refractivity contribution in [2.24, 2.45) is 0 Å². The number of nitro benzene ring substituents is 1. The summed E-state index contributed by atoms with van der Waals surface area (Å²) in [7, 11) is 1.57. The van der Waals surface area contributed by atoms with Crippen LogP contribution in [0.3, 0.4) is 0 Å². The first-order valence-corrected chi connectivity index (χ1v) is 6.00. The van der Waals surface area contributed by atoms with E-state index in [9.17, 15) is 14.5 Å². The quantitative estimate of drug-likeness (QED) is 0.666. The second kappa shape index (κ2) is 5.51. The van der Waals surface area contributed by atoms with Crippen LogP contribution in [0.2, 0.25) is 0 Å². The summed E-state index contributed by atoms with van der Waals surface area (Å²) in [6.45, 7) is 2.30. The molecule has 0 aliphatic carbocycles. The molecule has 100 valence electrons. The van der Waals surface area contributed by atoms with Crippen molar-refractivity contribution in [3.8, 4) is 5.75 Å². The molecule has 0 fully saturated rings. The fraction of sp³-hybridized carbons (Fsp3) is 0.455. The van der Waals surface area contributed by atoms with Gasteiger partial charge < -0.3 is 10.1 Å². The van der Waals surface area contributed by atoms with E-state index in [1.54, 1.807) is 13.1 Å². The Hall–Kier alpha value is -1.37. The van der Waals surface area contributed by atoms with Crippen molar-refractivity contribution in [2.75, 3.05) is 19.0 Å². The average molecular weight is 321 g/mol. The summed E-state index contributed by atoms with van der Waals surface area (Å²) < 4.78 is 18.7. The molecule has 0 atom stereocenters. The zero-order valence-corrected chi connectivity index (χ0v) is 11.9. The van der Waals surface area contributed by atoms with E-state index >= 15 is 0 Å². The first-order valence-electron chi connectivity index (χ1n) is 5.21. The molecule has 0 aromatic heterocycles. The Balaban J connectivity index is 3.32. The first-order chi connectivity index (χ1) is 8.30. The monoisotopic (exact) mass is 320 g/mol. The van der Waals surface area contributed by atoms with E-state index < -0.39 is 17.2 Å². The maximum atomic E-state index is 12.8. The zero-order valence-electron chi connectivity index (χ0n) is 10.3. The number of hydrogen-bond acceptors (Lipinski definition) is 4. The molecular weight excluding hydrogens is 307 g/mol. The Labute approximate surface area is 113 Å². The highest BCUT2D eigenvalue weighted by Gasteiger charge is 2.28. The lowest BCUT2D eigenvalue weighted by Gasteiger charge is -2.23. The molecule has 0 aliphatic heterocycles. The molecule has 0 bridgehead atoms. The third-order valence-electron chi connectivity index (χ3n) is 2.20. The van der Waals surface area contributed by atoms with E-state index in [-0.39, 0.29) is 11.4 Å². The topological polar surface area (TPSA) is 64.4 Å². The predicted octanol–water partition coefficient (Wildman–Crippen LogP) is 3.53. The molecule has 7 heteroatoms. The van der Waals surface area contributed by atoms with Crippen LogP contribution in [-0.2, 0) is 0 Å². The molecule has 0 saturated heterocycles. The SMILES string of the molecule is CNc1cc(Br)cc(OC(C)(C)CF)c1[N+](=O)[O-]. The molecule has 1 aromatic carbocycles. The molecule has 1 N–H and O–H groups in total. The summed E-state index contributed by atoms with van der Waals surface area (Å²) in [5.41, 5.74) is -1.02. The van der Waals surface area contributed by atoms with E-state index in [2.05, 4.69) is 21.2 Å². The molecule has 0 aliphatic rings. The van der Waals surface area contributed by atoms with Crippen molar-refractivity contribution in [1.29, 1.82) is 0 Å². The standard InChI is InChI=1S/C11H14BrFN2O3/c1-11(2,6-13)18-9-5-7(12)4-8(14-3)10(9)15(16)17/h4-5,14H,6H2,1-3H3. The van der Waals surface area contributed by atoms with E-state index in [0.29, 0.717) is 10.2 Å². The van der Waals surface area contributed by atoms with Gasteiger partial charge in [-0.2, -0.15) is 0 Å². The number of nitro groups is 1. The Kier molecular flexibility index (Phi) is 4.50. The summed E-state index contributed by atoms with van der Waals surface area (Å²) in [6.07, 6.45) is 0. The number of anilines is 1. The highest BCUT2D eigenvalue weighted by Crippen LogP contribution is 2.39. The van der Waals surface area contributed by atoms with E-state index in [0.717, 1.165) is 0 Å². The van der Waals surface area contributed by atoms with Gasteiger partial charge >= 0.3 is 5.69 Å². The average Bonchev–Trinajstić information content (AvgIpc) is 2.26. The number of ether oxygens (including phenoxy) is 1. The summed E-state index contributed by atoms with van der Waals surface area (Å²) in [5.74, 6) is 0.0291. The second-order valence-corrected chi connectivity index (χ2v) is 5.22. The smallest absolute Gasteiger partial charge is 0.333 e. The summed E-state index contributed by atoms with van der Waals surface area (Å²) in [4.78, 5) is 10.5. The Morgan fingerprint density at radius 2 is 2.17 bits per heavy atom. The lowest BCUT2D eigenvalue weighted by Crippen LogP contribution is -2.30. The van der Waals surface area contributed by atoms with Crippen molar-refractivity contribution >= 4 is 27.3 Å². The van der Waals surface area contributed by atoms with Crippen LogP contribution in [0.5, 0.6) is 5.75 Å². The number of nitrogens with zero attached hydrogens (tertiary/aromatic N) is 1. The minimum absolute atomic E-state index is 0.0291. The molecule has 5 nitrogen and oxygen atoms in total. The molecule has 18 heavy (non-hydrogen) atoms. The van der Waals surface area contributed by atoms with Crippen LogP contribution in [0.4, 0.5) is 15.8 Å². The van der Waals surface area contributed by atoms with Crippen molar-refractivity contribution in [1.82, 2.24) is 0 Å². The Morgan fingerprint density at radius 3 is 2.61 bits per heavy atom. The number of alkyl halides is 1. The van der Waals surface area contributed by atoms with Gasteiger partial charge in [-0.15, -0.1) is 0 Å². The Morgan fingerprint density at radius 1 is 1.56 bits per heavy atom. The van der Waals surface area contributed by atoms with Gasteiger partial charge in [-0.3, -0.25) is 10.1 Å². The molecule has 0 spiro atoms. The molecular formula is C11H14BrFN2O3. The first kappa shape index (κ1) is 14.7. The molecule has 0 saturated carbocycles. The van der Waals surface area contributed by atoms with Crippen LogP contribution in [-0.4, -0.2) is 24.2 Å². The van der Waals surface area contributed by atoms with Gasteiger partial charge in [0.15, 0.2) is 0 Å². The minimum atomic E-state index is -1.11. The second-order valence-electron chi connectivity index (χ2n) is 4.30. The van der Waals surface area contributed by atoms with Crippen LogP contribution in [0, 0.1) is 10.1 Å². The van der Waals surface area contributed by atoms with Crippen molar-refractivity contribution in [2.45, 2.75) is 19.4 Å². The normalized spacial score (nSPS) is 11.2. The summed E-state index contributed by atoms with van der Waals surface area (Å²) in [5, 5.41) is 13.8. The molecule has 1 aromatic rings. The third kappa shape index (κ3) is 3.32. The molecule has 0 amide bonds. The predicted molar refractivity (Wildman–Crippen MR) is 71.0 cm³/mol. The summed E-state index contributed by atoms with van der Waals surface area (Å²) >= 11 is 3.23. The molecule has 0 unspecified atom stereocenters. The van der Waals surface area contributed by atoms with Gasteiger partial charge in [-0.25, -0.2) is 4.39 Å². The van der Waals surface area contributed by atoms with Gasteiger partial charge in [0.1, 0.15) is 18.0 Å². The zero-order chi connectivity index (χ0) is 13.9. The summed E-state index contributed by atoms with van der Waals surface area (Å²) in [6, 6.07) is 3.02. The lowest BCUT2D eigenvalue weighted by molar-refractivity contribution is -0.385. The van der Waals surface area contributed by atoms with Gasteiger partial charge in [-0.05, 0) is 19.9 Å². The fourth-order valence-electron chi connectivity index (χ4n) is 1.36. The minimum Gasteiger partial charge on any atom is -0.478 e. The number of nitrogens with one attached hydrogen (secondary N) is 1. The van der Waals surface area contributed by atoms with Crippen molar-refractivity contribution < 1.29 is 14.1 Å². The highest BCUT2D eigenvalue weighted by molar-refractivity contribution is 9.10. The van der Waals surface area contributed by atoms with Gasteiger partial charge in [0.2, 0.25) is 5.75 Å². The van der Waals surface area contributed by atoms with Gasteiger partial charge in [0.25, 0.3) is 0 Å². The number of rotatable bonds is 5. The van der Waals surface area contributed by atoms with E-state index in [1.807, 2.05) is 0 Å². The van der Waals surface area contributed by atoms with Gasteiger partial charge in [-0.1, -0.05) is 15.9 Å². The van der Waals surface area contributed by atoms with Crippen LogP contribution in [0.1, 0.15) is 13.8 Å². The maximum absolute atomic E-state index is 12.8. The number of halogens is 2. The largest absolute Gasteiger partial charge is 0.478 e. The van der Waals surface area contributed by atoms with Crippen molar-refractivity contribution in [3.05, 3.63) is 26.7 Å². The van der Waals surface area contributed by atoms with Crippen LogP contribution >= 0.6 is 15.9 Å². The van der Waals surface area contributed by atoms with Crippen LogP contribution in [0.15, 0.2) is 16.6 Å².